The second-order valence-corrected chi connectivity index (χ2v) is 6.34. The molecule has 2 rings (SSSR count). The molecule has 0 aliphatic carbocycles. The second-order valence-electron chi connectivity index (χ2n) is 5.04. The summed E-state index contributed by atoms with van der Waals surface area (Å²) in [6.07, 6.45) is 0. The van der Waals surface area contributed by atoms with E-state index in [1.54, 1.807) is 18.7 Å². The first-order valence-corrected chi connectivity index (χ1v) is 7.99. The number of nitrogens with zero attached hydrogens (tertiary/aromatic N) is 5. The lowest BCUT2D eigenvalue weighted by Gasteiger charge is -2.11. The summed E-state index contributed by atoms with van der Waals surface area (Å²) in [5, 5.41) is 15.3. The number of ether oxygens (including phenoxy) is 1. The number of nitrogens with one attached hydrogen (secondary N) is 1. The number of hydrogen-bond acceptors (Lipinski definition) is 7. The van der Waals surface area contributed by atoms with Crippen LogP contribution in [0.25, 0.3) is 5.95 Å². The first kappa shape index (κ1) is 17.3. The van der Waals surface area contributed by atoms with Crippen molar-refractivity contribution in [3.05, 3.63) is 17.5 Å². The quantitative estimate of drug-likeness (QED) is 0.416. The van der Waals surface area contributed by atoms with E-state index in [1.807, 2.05) is 19.9 Å². The smallest absolute Gasteiger partial charge is 0.271 e. The summed E-state index contributed by atoms with van der Waals surface area (Å²) < 4.78 is 7.85. The molecule has 2 aromatic rings. The maximum Gasteiger partial charge on any atom is 0.271 e. The molecular formula is C13H21N7O2S. The van der Waals surface area contributed by atoms with Crippen LogP contribution in [0.15, 0.2) is 11.2 Å². The maximum atomic E-state index is 12.0. The molecule has 9 nitrogen and oxygen atoms in total. The summed E-state index contributed by atoms with van der Waals surface area (Å²) >= 11 is 1.23. The highest BCUT2D eigenvalue weighted by Gasteiger charge is 2.20. The molecular weight excluding hydrogens is 318 g/mol. The van der Waals surface area contributed by atoms with Crippen LogP contribution in [-0.4, -0.2) is 56.1 Å². The molecule has 2 aromatic heterocycles. The van der Waals surface area contributed by atoms with E-state index < -0.39 is 0 Å². The molecule has 0 aliphatic rings. The summed E-state index contributed by atoms with van der Waals surface area (Å²) in [5.41, 5.74) is 1.77. The first-order valence-electron chi connectivity index (χ1n) is 7.11. The van der Waals surface area contributed by atoms with Crippen LogP contribution in [0.1, 0.15) is 18.3 Å². The molecule has 2 heterocycles. The van der Waals surface area contributed by atoms with Crippen molar-refractivity contribution in [2.24, 2.45) is 0 Å². The third kappa shape index (κ3) is 4.02. The van der Waals surface area contributed by atoms with Crippen molar-refractivity contribution >= 4 is 17.7 Å². The van der Waals surface area contributed by atoms with E-state index in [2.05, 4.69) is 20.6 Å². The third-order valence-corrected chi connectivity index (χ3v) is 4.16. The Morgan fingerprint density at radius 3 is 2.83 bits per heavy atom. The molecule has 1 atom stereocenters. The monoisotopic (exact) mass is 339 g/mol. The van der Waals surface area contributed by atoms with E-state index in [4.69, 9.17) is 10.6 Å². The molecule has 0 spiro atoms. The van der Waals surface area contributed by atoms with Gasteiger partial charge in [-0.1, -0.05) is 11.8 Å². The topological polar surface area (TPSA) is 113 Å². The molecule has 23 heavy (non-hydrogen) atoms. The molecule has 0 saturated heterocycles. The average molecular weight is 339 g/mol. The Kier molecular flexibility index (Phi) is 5.61. The first-order chi connectivity index (χ1) is 10.9. The van der Waals surface area contributed by atoms with Crippen LogP contribution in [0, 0.1) is 13.8 Å². The van der Waals surface area contributed by atoms with Gasteiger partial charge in [0.1, 0.15) is 0 Å². The molecule has 0 unspecified atom stereocenters. The lowest BCUT2D eigenvalue weighted by Crippen LogP contribution is -2.33. The molecule has 0 fully saturated rings. The van der Waals surface area contributed by atoms with Crippen molar-refractivity contribution in [3.8, 4) is 5.95 Å². The van der Waals surface area contributed by atoms with Gasteiger partial charge >= 0.3 is 0 Å². The van der Waals surface area contributed by atoms with Gasteiger partial charge in [-0.05, 0) is 26.8 Å². The normalized spacial score (nSPS) is 12.3. The van der Waals surface area contributed by atoms with Crippen LogP contribution in [0.2, 0.25) is 0 Å². The van der Waals surface area contributed by atoms with E-state index >= 15 is 0 Å². The average Bonchev–Trinajstić information content (AvgIpc) is 3.02. The minimum atomic E-state index is -0.355. The lowest BCUT2D eigenvalue weighted by atomic mass is 10.4. The SMILES string of the molecule is COCCNC(=O)[C@H](C)Sc1nnc(-n2nc(C)cc2C)n1N. The predicted octanol–water partition coefficient (Wildman–Crippen LogP) is 0.0376. The van der Waals surface area contributed by atoms with Gasteiger partial charge in [0.05, 0.1) is 17.6 Å². The van der Waals surface area contributed by atoms with E-state index in [1.165, 1.54) is 16.4 Å². The van der Waals surface area contributed by atoms with Crippen molar-refractivity contribution < 1.29 is 9.53 Å². The summed E-state index contributed by atoms with van der Waals surface area (Å²) in [6, 6.07) is 1.92. The van der Waals surface area contributed by atoms with Gasteiger partial charge in [-0.3, -0.25) is 4.79 Å². The van der Waals surface area contributed by atoms with Crippen LogP contribution in [0.3, 0.4) is 0 Å². The van der Waals surface area contributed by atoms with Gasteiger partial charge in [-0.15, -0.1) is 10.2 Å². The number of nitrogens with two attached hydrogens (primary N) is 1. The highest BCUT2D eigenvalue weighted by molar-refractivity contribution is 8.00. The Morgan fingerprint density at radius 1 is 1.48 bits per heavy atom. The Labute approximate surface area is 138 Å². The summed E-state index contributed by atoms with van der Waals surface area (Å²) in [6.45, 7) is 6.52. The van der Waals surface area contributed by atoms with Crippen molar-refractivity contribution in [2.75, 3.05) is 26.1 Å². The van der Waals surface area contributed by atoms with E-state index in [0.717, 1.165) is 11.4 Å². The zero-order chi connectivity index (χ0) is 17.0. The number of nitrogen functional groups attached to an aromatic ring is 1. The second kappa shape index (κ2) is 7.47. The Morgan fingerprint density at radius 2 is 2.22 bits per heavy atom. The maximum absolute atomic E-state index is 12.0. The van der Waals surface area contributed by atoms with E-state index in [0.29, 0.717) is 24.3 Å². The Balaban J connectivity index is 2.07. The van der Waals surface area contributed by atoms with Crippen LogP contribution in [0.5, 0.6) is 0 Å². The number of thioether (sulfide) groups is 1. The zero-order valence-corrected chi connectivity index (χ0v) is 14.4. The van der Waals surface area contributed by atoms with Gasteiger partial charge in [0.25, 0.3) is 5.95 Å². The van der Waals surface area contributed by atoms with Gasteiger partial charge in [0, 0.05) is 19.3 Å². The summed E-state index contributed by atoms with van der Waals surface area (Å²) in [7, 11) is 1.59. The Bertz CT molecular complexity index is 682. The van der Waals surface area contributed by atoms with Crippen molar-refractivity contribution in [2.45, 2.75) is 31.2 Å². The number of rotatable bonds is 7. The van der Waals surface area contributed by atoms with E-state index in [-0.39, 0.29) is 11.2 Å². The molecule has 0 saturated carbocycles. The molecule has 0 bridgehead atoms. The number of aryl methyl sites for hydroxylation is 2. The van der Waals surface area contributed by atoms with Crippen molar-refractivity contribution in [1.29, 1.82) is 0 Å². The standard InChI is InChI=1S/C13H21N7O2S/c1-8-7-9(2)20(18-8)12-16-17-13(19(12)14)23-10(3)11(21)15-5-6-22-4/h7,10H,5-6,14H2,1-4H3,(H,15,21)/t10-/m0/s1. The number of amides is 1. The fourth-order valence-corrected chi connectivity index (χ4v) is 2.75. The van der Waals surface area contributed by atoms with Gasteiger partial charge < -0.3 is 15.9 Å². The molecule has 1 amide bonds. The fraction of sp³-hybridized carbons (Fsp3) is 0.538. The zero-order valence-electron chi connectivity index (χ0n) is 13.6. The van der Waals surface area contributed by atoms with Gasteiger partial charge in [0.15, 0.2) is 0 Å². The van der Waals surface area contributed by atoms with Crippen molar-refractivity contribution in [1.82, 2.24) is 30.0 Å². The lowest BCUT2D eigenvalue weighted by molar-refractivity contribution is -0.120. The minimum absolute atomic E-state index is 0.109. The number of carbonyl (C=O) groups excluding carboxylic acids is 1. The minimum Gasteiger partial charge on any atom is -0.383 e. The summed E-state index contributed by atoms with van der Waals surface area (Å²) in [4.78, 5) is 12.0. The number of hydrogen-bond donors (Lipinski definition) is 2. The van der Waals surface area contributed by atoms with Crippen molar-refractivity contribution in [3.63, 3.8) is 0 Å². The van der Waals surface area contributed by atoms with E-state index in [9.17, 15) is 4.79 Å². The molecule has 0 aromatic carbocycles. The largest absolute Gasteiger partial charge is 0.383 e. The fourth-order valence-electron chi connectivity index (χ4n) is 1.96. The number of methoxy groups -OCH3 is 1. The van der Waals surface area contributed by atoms with Crippen LogP contribution in [-0.2, 0) is 9.53 Å². The molecule has 10 heteroatoms. The third-order valence-electron chi connectivity index (χ3n) is 3.10. The van der Waals surface area contributed by atoms with Crippen LogP contribution in [0.4, 0.5) is 0 Å². The summed E-state index contributed by atoms with van der Waals surface area (Å²) in [5.74, 6) is 6.34. The van der Waals surface area contributed by atoms with Gasteiger partial charge in [-0.25, -0.2) is 9.36 Å². The molecule has 0 aliphatic heterocycles. The molecule has 126 valence electrons. The predicted molar refractivity (Wildman–Crippen MR) is 87.0 cm³/mol. The van der Waals surface area contributed by atoms with Gasteiger partial charge in [-0.2, -0.15) is 5.10 Å². The van der Waals surface area contributed by atoms with Crippen LogP contribution < -0.4 is 11.2 Å². The highest BCUT2D eigenvalue weighted by atomic mass is 32.2. The van der Waals surface area contributed by atoms with Gasteiger partial charge in [0.2, 0.25) is 11.1 Å². The highest BCUT2D eigenvalue weighted by Crippen LogP contribution is 2.22. The molecule has 0 radical (unpaired) electrons. The number of carbonyl (C=O) groups is 1. The number of aromatic nitrogens is 5. The molecule has 3 N–H and O–H groups in total. The Hall–Kier alpha value is -2.07. The van der Waals surface area contributed by atoms with Crippen LogP contribution >= 0.6 is 11.8 Å².